The Kier molecular flexibility index (Phi) is 4.88. The first-order valence-corrected chi connectivity index (χ1v) is 8.59. The van der Waals surface area contributed by atoms with Gasteiger partial charge in [-0.1, -0.05) is 18.2 Å². The first-order valence-electron chi connectivity index (χ1n) is 8.59. The van der Waals surface area contributed by atoms with Gasteiger partial charge >= 0.3 is 0 Å². The van der Waals surface area contributed by atoms with Crippen molar-refractivity contribution in [2.45, 2.75) is 33.2 Å². The molecular formula is C19H23N3O3. The summed E-state index contributed by atoms with van der Waals surface area (Å²) in [5, 5.41) is 1.05. The maximum Gasteiger partial charge on any atom is 0.247 e. The number of aliphatic imine (C=N–C) groups is 1. The van der Waals surface area contributed by atoms with E-state index < -0.39 is 6.04 Å². The Morgan fingerprint density at radius 1 is 1.36 bits per heavy atom. The first-order chi connectivity index (χ1) is 12.0. The van der Waals surface area contributed by atoms with Crippen LogP contribution in [0.2, 0.25) is 0 Å². The van der Waals surface area contributed by atoms with E-state index in [1.165, 1.54) is 0 Å². The van der Waals surface area contributed by atoms with E-state index in [0.29, 0.717) is 32.0 Å². The highest BCUT2D eigenvalue weighted by molar-refractivity contribution is 5.94. The van der Waals surface area contributed by atoms with Crippen LogP contribution in [-0.2, 0) is 16.0 Å². The van der Waals surface area contributed by atoms with Crippen molar-refractivity contribution in [2.24, 2.45) is 4.99 Å². The molecule has 0 saturated carbocycles. The SMILES string of the molecule is CCOC1=N[C@@H](C)C(=O)N(CCc2cn(C(C)=O)c3ccccc23)C1. The Balaban J connectivity index is 1.80. The molecular weight excluding hydrogens is 318 g/mol. The third kappa shape index (κ3) is 3.43. The number of hydrogen-bond donors (Lipinski definition) is 0. The largest absolute Gasteiger partial charge is 0.480 e. The van der Waals surface area contributed by atoms with Crippen molar-refractivity contribution in [1.82, 2.24) is 9.47 Å². The number of benzene rings is 1. The van der Waals surface area contributed by atoms with E-state index in [0.717, 1.165) is 16.5 Å². The number of carbonyl (C=O) groups is 2. The predicted molar refractivity (Wildman–Crippen MR) is 97.0 cm³/mol. The van der Waals surface area contributed by atoms with E-state index in [1.54, 1.807) is 23.3 Å². The fraction of sp³-hybridized carbons (Fsp3) is 0.421. The predicted octanol–water partition coefficient (Wildman–Crippen LogP) is 2.51. The van der Waals surface area contributed by atoms with Gasteiger partial charge in [0.1, 0.15) is 6.04 Å². The highest BCUT2D eigenvalue weighted by Crippen LogP contribution is 2.22. The quantitative estimate of drug-likeness (QED) is 0.858. The second-order valence-corrected chi connectivity index (χ2v) is 6.20. The molecule has 3 rings (SSSR count). The van der Waals surface area contributed by atoms with Gasteiger partial charge in [0, 0.05) is 25.1 Å². The van der Waals surface area contributed by atoms with Crippen molar-refractivity contribution in [1.29, 1.82) is 0 Å². The van der Waals surface area contributed by atoms with Crippen LogP contribution in [0.3, 0.4) is 0 Å². The third-order valence-corrected chi connectivity index (χ3v) is 4.43. The average molecular weight is 341 g/mol. The number of aromatic nitrogens is 1. The minimum atomic E-state index is -0.408. The Labute approximate surface area is 147 Å². The van der Waals surface area contributed by atoms with E-state index >= 15 is 0 Å². The lowest BCUT2D eigenvalue weighted by atomic mass is 10.1. The van der Waals surface area contributed by atoms with Gasteiger partial charge in [-0.25, -0.2) is 4.99 Å². The highest BCUT2D eigenvalue weighted by atomic mass is 16.5. The number of fused-ring (bicyclic) bond motifs is 1. The van der Waals surface area contributed by atoms with Crippen LogP contribution in [-0.4, -0.2) is 52.9 Å². The minimum Gasteiger partial charge on any atom is -0.480 e. The summed E-state index contributed by atoms with van der Waals surface area (Å²) >= 11 is 0. The number of nitrogens with zero attached hydrogens (tertiary/aromatic N) is 3. The number of amides is 1. The lowest BCUT2D eigenvalue weighted by molar-refractivity contribution is -0.132. The average Bonchev–Trinajstić information content (AvgIpc) is 2.96. The van der Waals surface area contributed by atoms with E-state index in [2.05, 4.69) is 4.99 Å². The highest BCUT2D eigenvalue weighted by Gasteiger charge is 2.27. The van der Waals surface area contributed by atoms with Gasteiger partial charge in [-0.2, -0.15) is 0 Å². The van der Waals surface area contributed by atoms with Crippen LogP contribution in [0.1, 0.15) is 31.1 Å². The molecule has 1 atom stereocenters. The van der Waals surface area contributed by atoms with Gasteiger partial charge in [0.15, 0.2) is 0 Å². The molecule has 6 nitrogen and oxygen atoms in total. The Hall–Kier alpha value is -2.63. The molecule has 132 valence electrons. The van der Waals surface area contributed by atoms with Crippen LogP contribution < -0.4 is 0 Å². The first kappa shape index (κ1) is 17.2. The summed E-state index contributed by atoms with van der Waals surface area (Å²) in [6.45, 7) is 6.76. The second-order valence-electron chi connectivity index (χ2n) is 6.20. The molecule has 0 radical (unpaired) electrons. The lowest BCUT2D eigenvalue weighted by Gasteiger charge is -2.29. The Morgan fingerprint density at radius 3 is 2.84 bits per heavy atom. The lowest BCUT2D eigenvalue weighted by Crippen LogP contribution is -2.46. The number of para-hydroxylation sites is 1. The standard InChI is InChI=1S/C19H23N3O3/c1-4-25-18-12-21(19(24)13(2)20-18)10-9-15-11-22(14(3)23)17-8-6-5-7-16(15)17/h5-8,11,13H,4,9-10,12H2,1-3H3/t13-/m0/s1. The maximum absolute atomic E-state index is 12.4. The number of rotatable bonds is 4. The molecule has 0 spiro atoms. The summed E-state index contributed by atoms with van der Waals surface area (Å²) < 4.78 is 7.16. The summed E-state index contributed by atoms with van der Waals surface area (Å²) in [4.78, 5) is 30.3. The summed E-state index contributed by atoms with van der Waals surface area (Å²) in [5.74, 6) is 0.607. The van der Waals surface area contributed by atoms with Crippen LogP contribution in [0.5, 0.6) is 0 Å². The minimum absolute atomic E-state index is 0.0127. The van der Waals surface area contributed by atoms with Gasteiger partial charge in [-0.3, -0.25) is 14.2 Å². The second kappa shape index (κ2) is 7.09. The van der Waals surface area contributed by atoms with Crippen LogP contribution in [0.4, 0.5) is 0 Å². The van der Waals surface area contributed by atoms with Gasteiger partial charge < -0.3 is 9.64 Å². The molecule has 0 fully saturated rings. The maximum atomic E-state index is 12.4. The summed E-state index contributed by atoms with van der Waals surface area (Å²) in [7, 11) is 0. The van der Waals surface area contributed by atoms with Gasteiger partial charge in [0.05, 0.1) is 18.7 Å². The molecule has 1 aromatic heterocycles. The van der Waals surface area contributed by atoms with Crippen molar-refractivity contribution in [3.8, 4) is 0 Å². The smallest absolute Gasteiger partial charge is 0.247 e. The summed E-state index contributed by atoms with van der Waals surface area (Å²) in [5.41, 5.74) is 1.96. The topological polar surface area (TPSA) is 63.9 Å². The van der Waals surface area contributed by atoms with E-state index in [1.807, 2.05) is 37.4 Å². The van der Waals surface area contributed by atoms with Crippen molar-refractivity contribution in [2.75, 3.05) is 19.7 Å². The molecule has 1 aliphatic heterocycles. The van der Waals surface area contributed by atoms with E-state index in [-0.39, 0.29) is 11.8 Å². The van der Waals surface area contributed by atoms with Gasteiger partial charge in [0.2, 0.25) is 17.7 Å². The zero-order valence-corrected chi connectivity index (χ0v) is 14.9. The number of ether oxygens (including phenoxy) is 1. The number of carbonyl (C=O) groups excluding carboxylic acids is 2. The van der Waals surface area contributed by atoms with Crippen LogP contribution in [0.15, 0.2) is 35.5 Å². The fourth-order valence-corrected chi connectivity index (χ4v) is 3.22. The zero-order valence-electron chi connectivity index (χ0n) is 14.9. The normalized spacial score (nSPS) is 17.7. The summed E-state index contributed by atoms with van der Waals surface area (Å²) in [6.07, 6.45) is 2.56. The monoisotopic (exact) mass is 341 g/mol. The molecule has 1 aromatic carbocycles. The fourth-order valence-electron chi connectivity index (χ4n) is 3.22. The molecule has 0 aliphatic carbocycles. The van der Waals surface area contributed by atoms with Gasteiger partial charge in [-0.15, -0.1) is 0 Å². The Bertz CT molecular complexity index is 838. The van der Waals surface area contributed by atoms with Crippen LogP contribution in [0.25, 0.3) is 10.9 Å². The summed E-state index contributed by atoms with van der Waals surface area (Å²) in [6, 6.07) is 7.43. The van der Waals surface area contributed by atoms with Crippen LogP contribution in [0, 0.1) is 0 Å². The molecule has 0 N–H and O–H groups in total. The molecule has 0 unspecified atom stereocenters. The molecule has 25 heavy (non-hydrogen) atoms. The molecule has 1 aliphatic rings. The van der Waals surface area contributed by atoms with E-state index in [9.17, 15) is 9.59 Å². The van der Waals surface area contributed by atoms with Crippen molar-refractivity contribution < 1.29 is 14.3 Å². The third-order valence-electron chi connectivity index (χ3n) is 4.43. The number of hydrogen-bond acceptors (Lipinski definition) is 4. The van der Waals surface area contributed by atoms with Crippen molar-refractivity contribution in [3.63, 3.8) is 0 Å². The van der Waals surface area contributed by atoms with Crippen molar-refractivity contribution >= 4 is 28.6 Å². The van der Waals surface area contributed by atoms with Crippen LogP contribution >= 0.6 is 0 Å². The van der Waals surface area contributed by atoms with Gasteiger partial charge in [0.25, 0.3) is 0 Å². The van der Waals surface area contributed by atoms with Gasteiger partial charge in [-0.05, 0) is 31.9 Å². The molecule has 1 amide bonds. The molecule has 0 bridgehead atoms. The molecule has 0 saturated heterocycles. The van der Waals surface area contributed by atoms with E-state index in [4.69, 9.17) is 4.74 Å². The van der Waals surface area contributed by atoms with Crippen molar-refractivity contribution in [3.05, 3.63) is 36.0 Å². The molecule has 2 heterocycles. The molecule has 2 aromatic rings. The zero-order chi connectivity index (χ0) is 18.0. The Morgan fingerprint density at radius 2 is 2.12 bits per heavy atom. The molecule has 6 heteroatoms.